The highest BCUT2D eigenvalue weighted by molar-refractivity contribution is 6.02. The van der Waals surface area contributed by atoms with Gasteiger partial charge in [0.05, 0.1) is 12.6 Å². The number of nitrogens with one attached hydrogen (secondary N) is 2. The quantitative estimate of drug-likeness (QED) is 0.435. The van der Waals surface area contributed by atoms with Crippen molar-refractivity contribution in [2.45, 2.75) is 51.8 Å². The molecule has 1 fully saturated rings. The van der Waals surface area contributed by atoms with Crippen LogP contribution >= 0.6 is 0 Å². The minimum Gasteiger partial charge on any atom is -0.489 e. The van der Waals surface area contributed by atoms with E-state index in [1.165, 1.54) is 19.9 Å². The first-order valence-corrected chi connectivity index (χ1v) is 12.4. The maximum Gasteiger partial charge on any atom is 0.274 e. The maximum atomic E-state index is 13.9. The number of alkyl halides is 1. The number of aromatic nitrogens is 2. The maximum absolute atomic E-state index is 13.9. The lowest BCUT2D eigenvalue weighted by molar-refractivity contribution is -0.115. The van der Waals surface area contributed by atoms with Gasteiger partial charge in [-0.3, -0.25) is 14.9 Å². The largest absolute Gasteiger partial charge is 0.489 e. The number of hydrogen-bond acceptors (Lipinski definition) is 7. The Bertz CT molecular complexity index is 1200. The average Bonchev–Trinajstić information content (AvgIpc) is 3.35. The first-order valence-electron chi connectivity index (χ1n) is 12.4. The summed E-state index contributed by atoms with van der Waals surface area (Å²) in [7, 11) is 0. The second-order valence-corrected chi connectivity index (χ2v) is 9.56. The van der Waals surface area contributed by atoms with Gasteiger partial charge in [0.25, 0.3) is 5.91 Å². The monoisotopic (exact) mass is 509 g/mol. The van der Waals surface area contributed by atoms with Crippen LogP contribution < -0.4 is 15.4 Å². The molecular formula is C27H32FN5O4. The van der Waals surface area contributed by atoms with E-state index < -0.39 is 5.67 Å². The molecule has 0 spiro atoms. The molecule has 3 heterocycles. The Morgan fingerprint density at radius 1 is 1.14 bits per heavy atom. The minimum atomic E-state index is -1.66. The second-order valence-electron chi connectivity index (χ2n) is 9.56. The first kappa shape index (κ1) is 26.3. The van der Waals surface area contributed by atoms with E-state index in [9.17, 15) is 14.0 Å². The number of pyridine rings is 1. The van der Waals surface area contributed by atoms with Gasteiger partial charge in [-0.05, 0) is 63.1 Å². The second kappa shape index (κ2) is 11.5. The van der Waals surface area contributed by atoms with Crippen molar-refractivity contribution in [2.24, 2.45) is 0 Å². The van der Waals surface area contributed by atoms with Crippen LogP contribution in [0.4, 0.5) is 16.0 Å². The third-order valence-electron chi connectivity index (χ3n) is 6.21. The van der Waals surface area contributed by atoms with Gasteiger partial charge < -0.3 is 19.5 Å². The van der Waals surface area contributed by atoms with Crippen molar-refractivity contribution >= 4 is 23.4 Å². The fourth-order valence-corrected chi connectivity index (χ4v) is 4.00. The van der Waals surface area contributed by atoms with Crippen LogP contribution in [0.2, 0.25) is 0 Å². The van der Waals surface area contributed by atoms with Crippen molar-refractivity contribution in [1.82, 2.24) is 15.0 Å². The van der Waals surface area contributed by atoms with Crippen LogP contribution in [-0.2, 0) is 16.9 Å². The molecule has 0 saturated carbocycles. The summed E-state index contributed by atoms with van der Waals surface area (Å²) in [6, 6.07) is 11.7. The fraction of sp³-hybridized carbons (Fsp3) is 0.407. The number of piperidine rings is 1. The van der Waals surface area contributed by atoms with E-state index in [0.717, 1.165) is 38.0 Å². The van der Waals surface area contributed by atoms with Gasteiger partial charge in [-0.25, -0.2) is 9.37 Å². The molecule has 196 valence electrons. The molecular weight excluding hydrogens is 477 g/mol. The highest BCUT2D eigenvalue weighted by atomic mass is 19.1. The summed E-state index contributed by atoms with van der Waals surface area (Å²) in [6.45, 7) is 7.99. The molecule has 2 aromatic heterocycles. The van der Waals surface area contributed by atoms with Gasteiger partial charge in [0.15, 0.2) is 5.67 Å². The number of carbonyl (C=O) groups is 2. The normalized spacial score (nSPS) is 14.8. The van der Waals surface area contributed by atoms with E-state index in [1.807, 2.05) is 0 Å². The summed E-state index contributed by atoms with van der Waals surface area (Å²) in [5.41, 5.74) is 0.0192. The number of amides is 2. The van der Waals surface area contributed by atoms with Gasteiger partial charge in [-0.1, -0.05) is 24.2 Å². The number of anilines is 2. The van der Waals surface area contributed by atoms with Gasteiger partial charge in [0.2, 0.25) is 11.8 Å². The lowest BCUT2D eigenvalue weighted by Gasteiger charge is -2.31. The van der Waals surface area contributed by atoms with E-state index in [-0.39, 0.29) is 41.6 Å². The molecule has 2 amide bonds. The van der Waals surface area contributed by atoms with Crippen molar-refractivity contribution in [3.8, 4) is 5.75 Å². The highest BCUT2D eigenvalue weighted by Gasteiger charge is 2.24. The van der Waals surface area contributed by atoms with Crippen LogP contribution in [0, 0.1) is 0 Å². The van der Waals surface area contributed by atoms with Crippen molar-refractivity contribution < 1.29 is 23.2 Å². The smallest absolute Gasteiger partial charge is 0.274 e. The Hall–Kier alpha value is -3.79. The average molecular weight is 510 g/mol. The number of hydrogen-bond donors (Lipinski definition) is 2. The third-order valence-corrected chi connectivity index (χ3v) is 6.21. The summed E-state index contributed by atoms with van der Waals surface area (Å²) in [5, 5.41) is 8.99. The molecule has 3 aromatic rings. The molecule has 0 bridgehead atoms. The van der Waals surface area contributed by atoms with E-state index in [2.05, 4.69) is 32.6 Å². The van der Waals surface area contributed by atoms with Crippen molar-refractivity contribution in [3.05, 3.63) is 65.6 Å². The summed E-state index contributed by atoms with van der Waals surface area (Å²) < 4.78 is 24.9. The van der Waals surface area contributed by atoms with Crippen LogP contribution in [-0.4, -0.2) is 52.6 Å². The predicted molar refractivity (Wildman–Crippen MR) is 137 cm³/mol. The molecule has 2 N–H and O–H groups in total. The Kier molecular flexibility index (Phi) is 8.17. The van der Waals surface area contributed by atoms with E-state index >= 15 is 0 Å². The zero-order chi connectivity index (χ0) is 26.4. The minimum absolute atomic E-state index is 0.0732. The van der Waals surface area contributed by atoms with Crippen LogP contribution in [0.25, 0.3) is 0 Å². The van der Waals surface area contributed by atoms with Gasteiger partial charge in [-0.2, -0.15) is 0 Å². The topological polar surface area (TPSA) is 110 Å². The zero-order valence-electron chi connectivity index (χ0n) is 21.3. The summed E-state index contributed by atoms with van der Waals surface area (Å²) in [4.78, 5) is 31.5. The number of benzene rings is 1. The molecule has 0 aliphatic carbocycles. The van der Waals surface area contributed by atoms with Crippen LogP contribution in [0.5, 0.6) is 5.75 Å². The van der Waals surface area contributed by atoms with Crippen LogP contribution in [0.15, 0.2) is 53.2 Å². The molecule has 1 aromatic carbocycles. The number of nitrogens with zero attached hydrogens (tertiary/aromatic N) is 3. The highest BCUT2D eigenvalue weighted by Crippen LogP contribution is 2.25. The van der Waals surface area contributed by atoms with Gasteiger partial charge in [0, 0.05) is 24.8 Å². The van der Waals surface area contributed by atoms with E-state index in [1.54, 1.807) is 42.6 Å². The number of rotatable bonds is 9. The zero-order valence-corrected chi connectivity index (χ0v) is 21.3. The molecule has 9 nitrogen and oxygen atoms in total. The Morgan fingerprint density at radius 3 is 2.46 bits per heavy atom. The van der Waals surface area contributed by atoms with Gasteiger partial charge >= 0.3 is 0 Å². The van der Waals surface area contributed by atoms with Crippen molar-refractivity contribution in [1.29, 1.82) is 0 Å². The molecule has 1 saturated heterocycles. The van der Waals surface area contributed by atoms with E-state index in [0.29, 0.717) is 11.4 Å². The summed E-state index contributed by atoms with van der Waals surface area (Å²) >= 11 is 0. The SMILES string of the molecule is CCN1CCC(Oc2ccc(C(=O)Nc3ccc(CC(=O)Nc4cc(C(C)(C)F)no4)cc3)nc2)CC1. The Labute approximate surface area is 215 Å². The molecule has 1 aliphatic rings. The van der Waals surface area contributed by atoms with Gasteiger partial charge in [-0.15, -0.1) is 0 Å². The van der Waals surface area contributed by atoms with Gasteiger partial charge in [0.1, 0.15) is 23.2 Å². The Morgan fingerprint density at radius 2 is 1.86 bits per heavy atom. The predicted octanol–water partition coefficient (Wildman–Crippen LogP) is 4.57. The Balaban J connectivity index is 1.25. The van der Waals surface area contributed by atoms with E-state index in [4.69, 9.17) is 9.26 Å². The standard InChI is InChI=1S/C27H32FN5O4/c1-4-33-13-11-20(12-14-33)36-21-9-10-22(29-17-21)26(35)30-19-7-5-18(6-8-19)15-24(34)31-25-16-23(32-37-25)27(2,3)28/h5-10,16-17,20H,4,11-15H2,1-3H3,(H,30,35)(H,31,34). The van der Waals surface area contributed by atoms with Crippen molar-refractivity contribution in [2.75, 3.05) is 30.3 Å². The number of ether oxygens (including phenoxy) is 1. The summed E-state index contributed by atoms with van der Waals surface area (Å²) in [6.07, 6.45) is 3.78. The number of halogens is 1. The molecule has 37 heavy (non-hydrogen) atoms. The lowest BCUT2D eigenvalue weighted by atomic mass is 10.1. The molecule has 10 heteroatoms. The lowest BCUT2D eigenvalue weighted by Crippen LogP contribution is -2.38. The van der Waals surface area contributed by atoms with Crippen molar-refractivity contribution in [3.63, 3.8) is 0 Å². The molecule has 0 atom stereocenters. The number of likely N-dealkylation sites (tertiary alicyclic amines) is 1. The van der Waals surface area contributed by atoms with Crippen LogP contribution in [0.1, 0.15) is 55.4 Å². The molecule has 0 radical (unpaired) electrons. The molecule has 1 aliphatic heterocycles. The third kappa shape index (κ3) is 7.36. The fourth-order valence-electron chi connectivity index (χ4n) is 4.00. The first-order chi connectivity index (χ1) is 17.7. The molecule has 0 unspecified atom stereocenters. The summed E-state index contributed by atoms with van der Waals surface area (Å²) in [5.74, 6) is 0.0632. The molecule has 4 rings (SSSR count). The number of carbonyl (C=O) groups excluding carboxylic acids is 2. The van der Waals surface area contributed by atoms with Crippen LogP contribution in [0.3, 0.4) is 0 Å².